The minimum absolute atomic E-state index is 0.557. The third-order valence-corrected chi connectivity index (χ3v) is 3.37. The van der Waals surface area contributed by atoms with E-state index >= 15 is 0 Å². The molecule has 0 spiro atoms. The Bertz CT molecular complexity index is 335. The van der Waals surface area contributed by atoms with E-state index in [-0.39, 0.29) is 0 Å². The Balaban J connectivity index is 1.83. The molecule has 0 saturated heterocycles. The van der Waals surface area contributed by atoms with Crippen molar-refractivity contribution in [2.45, 2.75) is 51.9 Å². The van der Waals surface area contributed by atoms with E-state index < -0.39 is 0 Å². The molecule has 2 rings (SSSR count). The predicted octanol–water partition coefficient (Wildman–Crippen LogP) is 3.39. The smallest absolute Gasteiger partial charge is 0.316 e. The molecular formula is C14H22N2O. The molecule has 0 radical (unpaired) electrons. The molecule has 94 valence electrons. The molecule has 0 aliphatic heterocycles. The highest BCUT2D eigenvalue weighted by Crippen LogP contribution is 2.23. The highest BCUT2D eigenvalue weighted by molar-refractivity contribution is 5.05. The van der Waals surface area contributed by atoms with Crippen molar-refractivity contribution >= 4 is 0 Å². The van der Waals surface area contributed by atoms with Crippen LogP contribution in [0.5, 0.6) is 6.01 Å². The van der Waals surface area contributed by atoms with Crippen molar-refractivity contribution in [3.8, 4) is 6.01 Å². The second kappa shape index (κ2) is 6.58. The van der Waals surface area contributed by atoms with Gasteiger partial charge in [-0.05, 0) is 31.2 Å². The first-order chi connectivity index (χ1) is 8.38. The standard InChI is InChI=1S/C14H22N2O/c1-2-6-13-9-10-15-14(16-13)17-11-12-7-4-3-5-8-12/h9-10,12H,2-8,11H2,1H3. The highest BCUT2D eigenvalue weighted by Gasteiger charge is 2.14. The normalized spacial score (nSPS) is 17.0. The topological polar surface area (TPSA) is 35.0 Å². The molecule has 1 aromatic heterocycles. The first kappa shape index (κ1) is 12.3. The Kier molecular flexibility index (Phi) is 4.77. The van der Waals surface area contributed by atoms with Crippen LogP contribution in [0.15, 0.2) is 12.3 Å². The van der Waals surface area contributed by atoms with Gasteiger partial charge in [0.2, 0.25) is 0 Å². The Morgan fingerprint density at radius 1 is 1.29 bits per heavy atom. The summed E-state index contributed by atoms with van der Waals surface area (Å²) in [7, 11) is 0. The highest BCUT2D eigenvalue weighted by atomic mass is 16.5. The molecule has 0 bridgehead atoms. The predicted molar refractivity (Wildman–Crippen MR) is 68.1 cm³/mol. The third kappa shape index (κ3) is 3.99. The van der Waals surface area contributed by atoms with Crippen molar-refractivity contribution in [1.29, 1.82) is 0 Å². The summed E-state index contributed by atoms with van der Waals surface area (Å²) in [5.41, 5.74) is 1.08. The second-order valence-electron chi connectivity index (χ2n) is 4.90. The summed E-state index contributed by atoms with van der Waals surface area (Å²) in [6.45, 7) is 2.94. The third-order valence-electron chi connectivity index (χ3n) is 3.37. The fourth-order valence-electron chi connectivity index (χ4n) is 2.39. The minimum atomic E-state index is 0.557. The summed E-state index contributed by atoms with van der Waals surface area (Å²) in [6.07, 6.45) is 10.6. The van der Waals surface area contributed by atoms with E-state index in [1.54, 1.807) is 6.20 Å². The second-order valence-corrected chi connectivity index (χ2v) is 4.90. The van der Waals surface area contributed by atoms with E-state index in [2.05, 4.69) is 16.9 Å². The molecule has 3 heteroatoms. The van der Waals surface area contributed by atoms with Gasteiger partial charge in [-0.25, -0.2) is 9.97 Å². The Morgan fingerprint density at radius 3 is 2.88 bits per heavy atom. The zero-order valence-electron chi connectivity index (χ0n) is 10.7. The summed E-state index contributed by atoms with van der Waals surface area (Å²) in [4.78, 5) is 8.59. The van der Waals surface area contributed by atoms with Gasteiger partial charge in [0.1, 0.15) is 0 Å². The summed E-state index contributed by atoms with van der Waals surface area (Å²) < 4.78 is 5.71. The molecule has 1 aromatic rings. The molecule has 1 fully saturated rings. The van der Waals surface area contributed by atoms with Crippen molar-refractivity contribution in [2.24, 2.45) is 5.92 Å². The van der Waals surface area contributed by atoms with Gasteiger partial charge >= 0.3 is 6.01 Å². The van der Waals surface area contributed by atoms with Crippen LogP contribution in [0.4, 0.5) is 0 Å². The van der Waals surface area contributed by atoms with Crippen LogP contribution in [0.2, 0.25) is 0 Å². The summed E-state index contributed by atoms with van der Waals surface area (Å²) in [5, 5.41) is 0. The molecule has 0 aromatic carbocycles. The van der Waals surface area contributed by atoms with Gasteiger partial charge in [0.15, 0.2) is 0 Å². The van der Waals surface area contributed by atoms with Gasteiger partial charge in [0.05, 0.1) is 6.61 Å². The molecule has 1 aliphatic carbocycles. The number of ether oxygens (including phenoxy) is 1. The number of aromatic nitrogens is 2. The van der Waals surface area contributed by atoms with Gasteiger partial charge in [0.25, 0.3) is 0 Å². The lowest BCUT2D eigenvalue weighted by Gasteiger charge is -2.20. The van der Waals surface area contributed by atoms with Crippen molar-refractivity contribution in [2.75, 3.05) is 6.61 Å². The maximum atomic E-state index is 5.71. The quantitative estimate of drug-likeness (QED) is 0.783. The van der Waals surface area contributed by atoms with Crippen LogP contribution >= 0.6 is 0 Å². The minimum Gasteiger partial charge on any atom is -0.463 e. The molecule has 0 unspecified atom stereocenters. The Labute approximate surface area is 104 Å². The van der Waals surface area contributed by atoms with Crippen molar-refractivity contribution in [3.63, 3.8) is 0 Å². The molecule has 3 nitrogen and oxygen atoms in total. The molecular weight excluding hydrogens is 212 g/mol. The molecule has 0 atom stereocenters. The van der Waals surface area contributed by atoms with Crippen LogP contribution < -0.4 is 4.74 Å². The van der Waals surface area contributed by atoms with Gasteiger partial charge in [-0.1, -0.05) is 32.6 Å². The zero-order chi connectivity index (χ0) is 11.9. The Morgan fingerprint density at radius 2 is 2.12 bits per heavy atom. The van der Waals surface area contributed by atoms with Gasteiger partial charge in [0, 0.05) is 11.9 Å². The number of rotatable bonds is 5. The van der Waals surface area contributed by atoms with Gasteiger partial charge < -0.3 is 4.74 Å². The fourth-order valence-corrected chi connectivity index (χ4v) is 2.39. The van der Waals surface area contributed by atoms with E-state index in [9.17, 15) is 0 Å². The molecule has 1 heterocycles. The molecule has 17 heavy (non-hydrogen) atoms. The van der Waals surface area contributed by atoms with Crippen molar-refractivity contribution < 1.29 is 4.74 Å². The van der Waals surface area contributed by atoms with Crippen LogP contribution in [-0.2, 0) is 6.42 Å². The van der Waals surface area contributed by atoms with Gasteiger partial charge in [-0.2, -0.15) is 0 Å². The average molecular weight is 234 g/mol. The first-order valence-electron chi connectivity index (χ1n) is 6.83. The zero-order valence-corrected chi connectivity index (χ0v) is 10.7. The maximum absolute atomic E-state index is 5.71. The van der Waals surface area contributed by atoms with Crippen molar-refractivity contribution in [1.82, 2.24) is 9.97 Å². The monoisotopic (exact) mass is 234 g/mol. The first-order valence-corrected chi connectivity index (χ1v) is 6.83. The lowest BCUT2D eigenvalue weighted by molar-refractivity contribution is 0.196. The van der Waals surface area contributed by atoms with Crippen LogP contribution in [-0.4, -0.2) is 16.6 Å². The van der Waals surface area contributed by atoms with E-state index in [1.807, 2.05) is 6.07 Å². The number of hydrogen-bond acceptors (Lipinski definition) is 3. The fraction of sp³-hybridized carbons (Fsp3) is 0.714. The number of nitrogens with zero attached hydrogens (tertiary/aromatic N) is 2. The lowest BCUT2D eigenvalue weighted by atomic mass is 9.90. The summed E-state index contributed by atoms with van der Waals surface area (Å²) >= 11 is 0. The maximum Gasteiger partial charge on any atom is 0.316 e. The van der Waals surface area contributed by atoms with Crippen LogP contribution in [0, 0.1) is 5.92 Å². The van der Waals surface area contributed by atoms with E-state index in [4.69, 9.17) is 4.74 Å². The molecule has 0 amide bonds. The van der Waals surface area contributed by atoms with Crippen LogP contribution in [0.3, 0.4) is 0 Å². The SMILES string of the molecule is CCCc1ccnc(OCC2CCCCC2)n1. The van der Waals surface area contributed by atoms with E-state index in [1.165, 1.54) is 32.1 Å². The molecule has 0 N–H and O–H groups in total. The summed E-state index contributed by atoms with van der Waals surface area (Å²) in [5.74, 6) is 0.710. The van der Waals surface area contributed by atoms with Gasteiger partial charge in [-0.3, -0.25) is 0 Å². The summed E-state index contributed by atoms with van der Waals surface area (Å²) in [6, 6.07) is 2.53. The average Bonchev–Trinajstić information content (AvgIpc) is 2.39. The largest absolute Gasteiger partial charge is 0.463 e. The number of aryl methyl sites for hydroxylation is 1. The van der Waals surface area contributed by atoms with Crippen molar-refractivity contribution in [3.05, 3.63) is 18.0 Å². The van der Waals surface area contributed by atoms with E-state index in [0.29, 0.717) is 11.9 Å². The lowest BCUT2D eigenvalue weighted by Crippen LogP contribution is -2.16. The van der Waals surface area contributed by atoms with Crippen LogP contribution in [0.1, 0.15) is 51.1 Å². The molecule has 1 saturated carbocycles. The Hall–Kier alpha value is -1.12. The van der Waals surface area contributed by atoms with E-state index in [0.717, 1.165) is 25.1 Å². The molecule has 1 aliphatic rings. The van der Waals surface area contributed by atoms with Gasteiger partial charge in [-0.15, -0.1) is 0 Å². The van der Waals surface area contributed by atoms with Crippen LogP contribution in [0.25, 0.3) is 0 Å². The number of hydrogen-bond donors (Lipinski definition) is 0.